The second kappa shape index (κ2) is 5.60. The number of aromatic amines is 1. The Labute approximate surface area is 130 Å². The van der Waals surface area contributed by atoms with Gasteiger partial charge >= 0.3 is 0 Å². The van der Waals surface area contributed by atoms with Crippen molar-refractivity contribution < 1.29 is 0 Å². The van der Waals surface area contributed by atoms with Gasteiger partial charge in [0.1, 0.15) is 0 Å². The minimum absolute atomic E-state index is 0.381. The Morgan fingerprint density at radius 2 is 2.05 bits per heavy atom. The van der Waals surface area contributed by atoms with Crippen LogP contribution in [0.1, 0.15) is 39.7 Å². The van der Waals surface area contributed by atoms with E-state index in [1.807, 2.05) is 12.3 Å². The largest absolute Gasteiger partial charge is 0.329 e. The van der Waals surface area contributed by atoms with E-state index in [0.29, 0.717) is 12.0 Å². The smallest absolute Gasteiger partial charge is 0.178 e. The van der Waals surface area contributed by atoms with Crippen LogP contribution in [0.3, 0.4) is 0 Å². The van der Waals surface area contributed by atoms with Gasteiger partial charge in [0.2, 0.25) is 0 Å². The molecule has 21 heavy (non-hydrogen) atoms. The highest BCUT2D eigenvalue weighted by Crippen LogP contribution is 2.29. The molecule has 1 aromatic carbocycles. The summed E-state index contributed by atoms with van der Waals surface area (Å²) in [6.45, 7) is 6.80. The third-order valence-corrected chi connectivity index (χ3v) is 4.63. The lowest BCUT2D eigenvalue weighted by atomic mass is 10.00. The minimum Gasteiger partial charge on any atom is -0.329 e. The standard InChI is InChI=1S/C17H21N3S/c1-4-11(2)9-12(3)20-16-13-7-5-6-8-14(13)18-10-15(16)19-17(20)21/h5-8,10-12H,4,9H2,1-3H3,(H,19,21). The summed E-state index contributed by atoms with van der Waals surface area (Å²) in [4.78, 5) is 7.82. The molecule has 0 aliphatic heterocycles. The van der Waals surface area contributed by atoms with E-state index < -0.39 is 0 Å². The molecule has 0 aliphatic rings. The highest BCUT2D eigenvalue weighted by atomic mass is 32.1. The van der Waals surface area contributed by atoms with Gasteiger partial charge in [-0.3, -0.25) is 4.98 Å². The molecule has 0 fully saturated rings. The third-order valence-electron chi connectivity index (χ3n) is 4.33. The van der Waals surface area contributed by atoms with E-state index in [2.05, 4.69) is 53.5 Å². The van der Waals surface area contributed by atoms with E-state index >= 15 is 0 Å². The number of nitrogens with zero attached hydrogens (tertiary/aromatic N) is 2. The van der Waals surface area contributed by atoms with Gasteiger partial charge < -0.3 is 9.55 Å². The van der Waals surface area contributed by atoms with Crippen LogP contribution in [-0.4, -0.2) is 14.5 Å². The molecule has 4 heteroatoms. The van der Waals surface area contributed by atoms with Gasteiger partial charge in [-0.1, -0.05) is 38.5 Å². The Hall–Kier alpha value is -1.68. The summed E-state index contributed by atoms with van der Waals surface area (Å²) >= 11 is 5.56. The zero-order valence-corrected chi connectivity index (χ0v) is 13.6. The Morgan fingerprint density at radius 3 is 2.81 bits per heavy atom. The van der Waals surface area contributed by atoms with Crippen LogP contribution in [0, 0.1) is 10.7 Å². The van der Waals surface area contributed by atoms with Crippen LogP contribution in [0.4, 0.5) is 0 Å². The molecule has 0 aliphatic carbocycles. The maximum atomic E-state index is 5.56. The lowest BCUT2D eigenvalue weighted by Gasteiger charge is -2.19. The molecule has 3 nitrogen and oxygen atoms in total. The van der Waals surface area contributed by atoms with Crippen molar-refractivity contribution in [3.05, 3.63) is 35.2 Å². The highest BCUT2D eigenvalue weighted by molar-refractivity contribution is 7.71. The van der Waals surface area contributed by atoms with Crippen molar-refractivity contribution in [3.8, 4) is 0 Å². The maximum absolute atomic E-state index is 5.56. The predicted molar refractivity (Wildman–Crippen MR) is 91.2 cm³/mol. The highest BCUT2D eigenvalue weighted by Gasteiger charge is 2.16. The number of H-pyrrole nitrogens is 1. The van der Waals surface area contributed by atoms with Gasteiger partial charge in [-0.2, -0.15) is 0 Å². The monoisotopic (exact) mass is 299 g/mol. The number of aromatic nitrogens is 3. The number of para-hydroxylation sites is 1. The van der Waals surface area contributed by atoms with E-state index in [-0.39, 0.29) is 0 Å². The van der Waals surface area contributed by atoms with Gasteiger partial charge in [-0.05, 0) is 37.5 Å². The first-order valence-corrected chi connectivity index (χ1v) is 8.00. The van der Waals surface area contributed by atoms with Crippen molar-refractivity contribution in [1.82, 2.24) is 14.5 Å². The summed E-state index contributed by atoms with van der Waals surface area (Å²) in [5.74, 6) is 0.694. The molecule has 0 amide bonds. The van der Waals surface area contributed by atoms with E-state index in [0.717, 1.165) is 22.2 Å². The molecule has 2 heterocycles. The molecule has 3 rings (SSSR count). The van der Waals surface area contributed by atoms with E-state index in [9.17, 15) is 0 Å². The van der Waals surface area contributed by atoms with Crippen LogP contribution < -0.4 is 0 Å². The number of rotatable bonds is 4. The maximum Gasteiger partial charge on any atom is 0.178 e. The first-order chi connectivity index (χ1) is 10.1. The van der Waals surface area contributed by atoms with Gasteiger partial charge in [0.05, 0.1) is 22.7 Å². The molecule has 110 valence electrons. The van der Waals surface area contributed by atoms with Crippen LogP contribution in [-0.2, 0) is 0 Å². The van der Waals surface area contributed by atoms with Crippen molar-refractivity contribution in [2.24, 2.45) is 5.92 Å². The number of pyridine rings is 1. The van der Waals surface area contributed by atoms with Gasteiger partial charge in [0.15, 0.2) is 4.77 Å². The van der Waals surface area contributed by atoms with E-state index in [1.165, 1.54) is 17.3 Å². The van der Waals surface area contributed by atoms with Gasteiger partial charge in [-0.15, -0.1) is 0 Å². The summed E-state index contributed by atoms with van der Waals surface area (Å²) in [6.07, 6.45) is 4.22. The molecule has 3 aromatic rings. The van der Waals surface area contributed by atoms with Crippen molar-refractivity contribution in [2.75, 3.05) is 0 Å². The quantitative estimate of drug-likeness (QED) is 0.668. The van der Waals surface area contributed by atoms with Crippen LogP contribution in [0.25, 0.3) is 21.9 Å². The average Bonchev–Trinajstić information content (AvgIpc) is 2.83. The molecule has 2 atom stereocenters. The summed E-state index contributed by atoms with van der Waals surface area (Å²) in [6, 6.07) is 8.64. The average molecular weight is 299 g/mol. The molecule has 1 N–H and O–H groups in total. The molecular formula is C17H21N3S. The molecule has 0 radical (unpaired) electrons. The minimum atomic E-state index is 0.381. The summed E-state index contributed by atoms with van der Waals surface area (Å²) in [5, 5.41) is 1.17. The first kappa shape index (κ1) is 14.3. The Kier molecular flexibility index (Phi) is 3.81. The zero-order valence-electron chi connectivity index (χ0n) is 12.8. The van der Waals surface area contributed by atoms with Gasteiger partial charge in [0, 0.05) is 11.4 Å². The second-order valence-corrected chi connectivity index (χ2v) is 6.32. The first-order valence-electron chi connectivity index (χ1n) is 7.59. The van der Waals surface area contributed by atoms with Crippen LogP contribution in [0.15, 0.2) is 30.5 Å². The predicted octanol–water partition coefficient (Wildman–Crippen LogP) is 5.24. The second-order valence-electron chi connectivity index (χ2n) is 5.94. The Balaban J connectivity index is 2.24. The Bertz CT molecular complexity index is 831. The number of hydrogen-bond donors (Lipinski definition) is 1. The van der Waals surface area contributed by atoms with Crippen LogP contribution in [0.2, 0.25) is 0 Å². The summed E-state index contributed by atoms with van der Waals surface area (Å²) in [5.41, 5.74) is 3.22. The van der Waals surface area contributed by atoms with Crippen molar-refractivity contribution in [1.29, 1.82) is 0 Å². The SMILES string of the molecule is CCC(C)CC(C)n1c(=S)[nH]c2cnc3ccccc3c21. The molecular weight excluding hydrogens is 278 g/mol. The topological polar surface area (TPSA) is 33.6 Å². The van der Waals surface area contributed by atoms with Gasteiger partial charge in [0.25, 0.3) is 0 Å². The number of nitrogens with one attached hydrogen (secondary N) is 1. The lowest BCUT2D eigenvalue weighted by Crippen LogP contribution is -2.09. The molecule has 0 saturated heterocycles. The fraction of sp³-hybridized carbons (Fsp3) is 0.412. The van der Waals surface area contributed by atoms with Crippen molar-refractivity contribution >= 4 is 34.2 Å². The fourth-order valence-electron chi connectivity index (χ4n) is 3.03. The van der Waals surface area contributed by atoms with Crippen LogP contribution >= 0.6 is 12.2 Å². The number of benzene rings is 1. The lowest BCUT2D eigenvalue weighted by molar-refractivity contribution is 0.402. The van der Waals surface area contributed by atoms with Crippen molar-refractivity contribution in [2.45, 2.75) is 39.7 Å². The van der Waals surface area contributed by atoms with Gasteiger partial charge in [-0.25, -0.2) is 0 Å². The molecule has 2 aromatic heterocycles. The number of fused-ring (bicyclic) bond motifs is 3. The van der Waals surface area contributed by atoms with E-state index in [1.54, 1.807) is 0 Å². The van der Waals surface area contributed by atoms with E-state index in [4.69, 9.17) is 12.2 Å². The summed E-state index contributed by atoms with van der Waals surface area (Å²) in [7, 11) is 0. The zero-order chi connectivity index (χ0) is 15.0. The number of imidazole rings is 1. The molecule has 0 bridgehead atoms. The fourth-order valence-corrected chi connectivity index (χ4v) is 3.41. The summed E-state index contributed by atoms with van der Waals surface area (Å²) < 4.78 is 3.06. The van der Waals surface area contributed by atoms with Crippen LogP contribution in [0.5, 0.6) is 0 Å². The molecule has 0 spiro atoms. The molecule has 2 unspecified atom stereocenters. The molecule has 0 saturated carbocycles. The Morgan fingerprint density at radius 1 is 1.29 bits per heavy atom. The third kappa shape index (κ3) is 2.48. The number of hydrogen-bond acceptors (Lipinski definition) is 2. The normalized spacial score (nSPS) is 14.6. The van der Waals surface area contributed by atoms with Crippen molar-refractivity contribution in [3.63, 3.8) is 0 Å².